The number of nitrogens with zero attached hydrogens (tertiary/aromatic N) is 2. The molecular weight excluding hydrogens is 278 g/mol. The van der Waals surface area contributed by atoms with E-state index in [1.807, 2.05) is 38.1 Å². The van der Waals surface area contributed by atoms with Crippen molar-refractivity contribution in [2.45, 2.75) is 20.3 Å². The monoisotopic (exact) mass is 295 g/mol. The summed E-state index contributed by atoms with van der Waals surface area (Å²) in [5.41, 5.74) is 3.07. The molecule has 0 atom stereocenters. The van der Waals surface area contributed by atoms with Gasteiger partial charge in [-0.25, -0.2) is 4.98 Å². The van der Waals surface area contributed by atoms with Gasteiger partial charge in [0.25, 0.3) is 0 Å². The third-order valence-corrected chi connectivity index (χ3v) is 3.20. The molecule has 0 fully saturated rings. The fraction of sp³-hybridized carbons (Fsp3) is 0.235. The predicted molar refractivity (Wildman–Crippen MR) is 85.3 cm³/mol. The Kier molecular flexibility index (Phi) is 3.87. The number of fused-ring (bicyclic) bond motifs is 1. The first kappa shape index (κ1) is 14.3. The first-order valence-corrected chi connectivity index (χ1v) is 7.22. The van der Waals surface area contributed by atoms with Crippen molar-refractivity contribution >= 4 is 22.7 Å². The Morgan fingerprint density at radius 1 is 1.23 bits per heavy atom. The summed E-state index contributed by atoms with van der Waals surface area (Å²) in [6.07, 6.45) is 3.85. The lowest BCUT2D eigenvalue weighted by Gasteiger charge is -2.07. The first-order valence-electron chi connectivity index (χ1n) is 7.22. The summed E-state index contributed by atoms with van der Waals surface area (Å²) >= 11 is 0. The van der Waals surface area contributed by atoms with Crippen LogP contribution in [0.2, 0.25) is 0 Å². The number of aromatic nitrogens is 2. The smallest absolute Gasteiger partial charge is 0.227 e. The van der Waals surface area contributed by atoms with Crippen LogP contribution in [0.25, 0.3) is 22.6 Å². The second kappa shape index (κ2) is 5.97. The standard InChI is InChI=1S/C17H17N3O2/c1-11(2)9-16(21)19-13-5-3-12(4-6-13)17-20-14-10-18-8-7-15(14)22-17/h3-8,10-11H,9H2,1-2H3,(H,19,21). The molecule has 3 aromatic rings. The maximum atomic E-state index is 11.7. The minimum atomic E-state index is 0.0238. The number of hydrogen-bond acceptors (Lipinski definition) is 4. The van der Waals surface area contributed by atoms with Gasteiger partial charge in [-0.05, 0) is 30.2 Å². The van der Waals surface area contributed by atoms with Crippen molar-refractivity contribution in [2.75, 3.05) is 5.32 Å². The number of rotatable bonds is 4. The van der Waals surface area contributed by atoms with Crippen LogP contribution in [0, 0.1) is 5.92 Å². The molecule has 112 valence electrons. The number of carbonyl (C=O) groups is 1. The molecule has 0 bridgehead atoms. The highest BCUT2D eigenvalue weighted by Gasteiger charge is 2.09. The molecule has 1 N–H and O–H groups in total. The Labute approximate surface area is 128 Å². The predicted octanol–water partition coefficient (Wildman–Crippen LogP) is 3.87. The topological polar surface area (TPSA) is 68.0 Å². The molecule has 22 heavy (non-hydrogen) atoms. The minimum absolute atomic E-state index is 0.0238. The lowest BCUT2D eigenvalue weighted by atomic mass is 10.1. The van der Waals surface area contributed by atoms with Crippen LogP contribution in [0.1, 0.15) is 20.3 Å². The molecule has 0 aliphatic rings. The normalized spacial score (nSPS) is 11.0. The largest absolute Gasteiger partial charge is 0.436 e. The van der Waals surface area contributed by atoms with Gasteiger partial charge in [-0.3, -0.25) is 9.78 Å². The van der Waals surface area contributed by atoms with E-state index in [1.54, 1.807) is 18.5 Å². The van der Waals surface area contributed by atoms with Crippen molar-refractivity contribution in [3.63, 3.8) is 0 Å². The molecule has 2 heterocycles. The molecule has 1 amide bonds. The SMILES string of the molecule is CC(C)CC(=O)Nc1ccc(-c2nc3cnccc3o2)cc1. The Balaban J connectivity index is 1.77. The first-order chi connectivity index (χ1) is 10.6. The number of oxazole rings is 1. The number of amides is 1. The fourth-order valence-corrected chi connectivity index (χ4v) is 2.18. The van der Waals surface area contributed by atoms with Crippen LogP contribution >= 0.6 is 0 Å². The lowest BCUT2D eigenvalue weighted by molar-refractivity contribution is -0.116. The van der Waals surface area contributed by atoms with Crippen molar-refractivity contribution in [2.24, 2.45) is 5.92 Å². The Morgan fingerprint density at radius 3 is 2.68 bits per heavy atom. The Hall–Kier alpha value is -2.69. The molecule has 1 aromatic carbocycles. The highest BCUT2D eigenvalue weighted by atomic mass is 16.3. The van der Waals surface area contributed by atoms with E-state index < -0.39 is 0 Å². The lowest BCUT2D eigenvalue weighted by Crippen LogP contribution is -2.13. The number of hydrogen-bond donors (Lipinski definition) is 1. The molecule has 0 aliphatic carbocycles. The minimum Gasteiger partial charge on any atom is -0.436 e. The maximum absolute atomic E-state index is 11.7. The number of pyridine rings is 1. The zero-order chi connectivity index (χ0) is 15.5. The molecule has 0 saturated heterocycles. The zero-order valence-electron chi connectivity index (χ0n) is 12.5. The molecule has 0 radical (unpaired) electrons. The van der Waals surface area contributed by atoms with Crippen LogP contribution in [-0.2, 0) is 4.79 Å². The number of nitrogens with one attached hydrogen (secondary N) is 1. The van der Waals surface area contributed by atoms with Gasteiger partial charge in [0.2, 0.25) is 11.8 Å². The van der Waals surface area contributed by atoms with Gasteiger partial charge in [-0.2, -0.15) is 0 Å². The molecule has 0 saturated carbocycles. The molecule has 2 aromatic heterocycles. The number of benzene rings is 1. The summed E-state index contributed by atoms with van der Waals surface area (Å²) < 4.78 is 5.69. The third-order valence-electron chi connectivity index (χ3n) is 3.20. The summed E-state index contributed by atoms with van der Waals surface area (Å²) in [5, 5.41) is 2.88. The maximum Gasteiger partial charge on any atom is 0.227 e. The van der Waals surface area contributed by atoms with E-state index in [0.717, 1.165) is 16.8 Å². The van der Waals surface area contributed by atoms with Crippen LogP contribution in [0.4, 0.5) is 5.69 Å². The molecule has 0 aliphatic heterocycles. The van der Waals surface area contributed by atoms with E-state index in [1.165, 1.54) is 0 Å². The van der Waals surface area contributed by atoms with Crippen LogP contribution in [0.3, 0.4) is 0 Å². The van der Waals surface area contributed by atoms with Crippen molar-refractivity contribution < 1.29 is 9.21 Å². The van der Waals surface area contributed by atoms with E-state index in [9.17, 15) is 4.79 Å². The van der Waals surface area contributed by atoms with Gasteiger partial charge in [0.15, 0.2) is 5.58 Å². The Morgan fingerprint density at radius 2 is 2.00 bits per heavy atom. The van der Waals surface area contributed by atoms with Gasteiger partial charge >= 0.3 is 0 Å². The molecule has 0 unspecified atom stereocenters. The molecular formula is C17H17N3O2. The Bertz CT molecular complexity index is 758. The summed E-state index contributed by atoms with van der Waals surface area (Å²) in [6.45, 7) is 4.04. The highest BCUT2D eigenvalue weighted by molar-refractivity contribution is 5.91. The third kappa shape index (κ3) is 3.14. The van der Waals surface area contributed by atoms with Crippen LogP contribution < -0.4 is 5.32 Å². The van der Waals surface area contributed by atoms with E-state index in [0.29, 0.717) is 23.8 Å². The van der Waals surface area contributed by atoms with Gasteiger partial charge in [0.1, 0.15) is 5.52 Å². The molecule has 5 heteroatoms. The zero-order valence-corrected chi connectivity index (χ0v) is 12.5. The second-order valence-corrected chi connectivity index (χ2v) is 5.59. The van der Waals surface area contributed by atoms with Crippen molar-refractivity contribution in [1.29, 1.82) is 0 Å². The van der Waals surface area contributed by atoms with Gasteiger partial charge in [-0.15, -0.1) is 0 Å². The fourth-order valence-electron chi connectivity index (χ4n) is 2.18. The quantitative estimate of drug-likeness (QED) is 0.793. The average Bonchev–Trinajstić information content (AvgIpc) is 2.91. The van der Waals surface area contributed by atoms with E-state index in [2.05, 4.69) is 15.3 Å². The van der Waals surface area contributed by atoms with Crippen LogP contribution in [0.5, 0.6) is 0 Å². The molecule has 5 nitrogen and oxygen atoms in total. The molecule has 3 rings (SSSR count). The second-order valence-electron chi connectivity index (χ2n) is 5.59. The summed E-state index contributed by atoms with van der Waals surface area (Å²) in [4.78, 5) is 20.2. The van der Waals surface area contributed by atoms with Crippen molar-refractivity contribution in [3.05, 3.63) is 42.7 Å². The summed E-state index contributed by atoms with van der Waals surface area (Å²) in [7, 11) is 0. The van der Waals surface area contributed by atoms with E-state index >= 15 is 0 Å². The van der Waals surface area contributed by atoms with Gasteiger partial charge < -0.3 is 9.73 Å². The average molecular weight is 295 g/mol. The van der Waals surface area contributed by atoms with Crippen molar-refractivity contribution in [3.8, 4) is 11.5 Å². The van der Waals surface area contributed by atoms with E-state index in [4.69, 9.17) is 4.42 Å². The number of carbonyl (C=O) groups excluding carboxylic acids is 1. The summed E-state index contributed by atoms with van der Waals surface area (Å²) in [6, 6.07) is 9.24. The highest BCUT2D eigenvalue weighted by Crippen LogP contribution is 2.24. The van der Waals surface area contributed by atoms with Crippen molar-refractivity contribution in [1.82, 2.24) is 9.97 Å². The van der Waals surface area contributed by atoms with E-state index in [-0.39, 0.29) is 5.91 Å². The van der Waals surface area contributed by atoms with Crippen LogP contribution in [0.15, 0.2) is 47.1 Å². The van der Waals surface area contributed by atoms with Crippen LogP contribution in [-0.4, -0.2) is 15.9 Å². The number of anilines is 1. The van der Waals surface area contributed by atoms with Gasteiger partial charge in [0, 0.05) is 29.9 Å². The molecule has 0 spiro atoms. The van der Waals surface area contributed by atoms with Gasteiger partial charge in [0.05, 0.1) is 6.20 Å². The van der Waals surface area contributed by atoms with Gasteiger partial charge in [-0.1, -0.05) is 13.8 Å². The summed E-state index contributed by atoms with van der Waals surface area (Å²) in [5.74, 6) is 0.909.